The first kappa shape index (κ1) is 29.2. The fourth-order valence-electron chi connectivity index (χ4n) is 5.14. The number of alkyl halides is 3. The highest BCUT2D eigenvalue weighted by molar-refractivity contribution is 7.15. The molecule has 2 N–H and O–H groups in total. The third-order valence-electron chi connectivity index (χ3n) is 7.31. The van der Waals surface area contributed by atoms with Crippen LogP contribution in [0.2, 0.25) is 0 Å². The van der Waals surface area contributed by atoms with Crippen LogP contribution in [-0.4, -0.2) is 55.8 Å². The number of nitrogens with zero attached hydrogens (tertiary/aromatic N) is 4. The van der Waals surface area contributed by atoms with Crippen molar-refractivity contribution in [2.75, 3.05) is 18.4 Å². The Morgan fingerprint density at radius 2 is 1.83 bits per heavy atom. The number of piperidine rings is 1. The van der Waals surface area contributed by atoms with Crippen molar-refractivity contribution in [3.63, 3.8) is 0 Å². The van der Waals surface area contributed by atoms with Gasteiger partial charge < -0.3 is 20.1 Å². The van der Waals surface area contributed by atoms with E-state index in [1.165, 1.54) is 17.4 Å². The Hall–Kier alpha value is -3.25. The average molecular weight is 590 g/mol. The van der Waals surface area contributed by atoms with Crippen LogP contribution in [0, 0.1) is 0 Å². The van der Waals surface area contributed by atoms with E-state index >= 15 is 0 Å². The normalized spacial score (nSPS) is 18.0. The Labute approximate surface area is 241 Å². The molecule has 1 aliphatic carbocycles. The van der Waals surface area contributed by atoms with E-state index in [0.717, 1.165) is 37.8 Å². The number of aromatic nitrogens is 3. The summed E-state index contributed by atoms with van der Waals surface area (Å²) in [6.07, 6.45) is 1.39. The quantitative estimate of drug-likeness (QED) is 0.335. The minimum atomic E-state index is -4.52. The van der Waals surface area contributed by atoms with Crippen LogP contribution in [0.25, 0.3) is 21.8 Å². The van der Waals surface area contributed by atoms with Crippen molar-refractivity contribution in [2.24, 2.45) is 0 Å². The molecule has 12 heteroatoms. The summed E-state index contributed by atoms with van der Waals surface area (Å²) in [7, 11) is 0. The predicted molar refractivity (Wildman–Crippen MR) is 150 cm³/mol. The molecule has 0 radical (unpaired) electrons. The highest BCUT2D eigenvalue weighted by Gasteiger charge is 2.40. The molecular weight excluding hydrogens is 555 g/mol. The topological polar surface area (TPSA) is 100 Å². The summed E-state index contributed by atoms with van der Waals surface area (Å²) in [5, 5.41) is 15.4. The fraction of sp³-hybridized carbons (Fsp3) is 0.517. The standard InChI is InChI=1S/C29H34F3N5O3S/c1-27(2,3)40-26(38)37-15-12-28(39,13-16-37)24-36-22(18-7-6-8-19(17-18)29(30,31)32)23(41-24)21-11-14-33-25(35-21)34-20-9-4-5-10-20/h6-8,11,14,17,20,39H,4-5,9-10,12-13,15-16H2,1-3H3,(H,33,34,35). The molecule has 2 aliphatic rings. The van der Waals surface area contributed by atoms with E-state index in [1.807, 2.05) is 0 Å². The molecule has 3 aromatic rings. The number of thiazole rings is 1. The molecule has 1 saturated carbocycles. The maximum absolute atomic E-state index is 13.6. The van der Waals surface area contributed by atoms with Crippen LogP contribution in [0.4, 0.5) is 23.9 Å². The van der Waals surface area contributed by atoms with Crippen LogP contribution in [0.1, 0.15) is 69.9 Å². The van der Waals surface area contributed by atoms with E-state index < -0.39 is 29.0 Å². The highest BCUT2D eigenvalue weighted by Crippen LogP contribution is 2.44. The summed E-state index contributed by atoms with van der Waals surface area (Å²) in [6, 6.07) is 6.99. The summed E-state index contributed by atoms with van der Waals surface area (Å²) in [5.74, 6) is 0.448. The van der Waals surface area contributed by atoms with Gasteiger partial charge >= 0.3 is 12.3 Å². The van der Waals surface area contributed by atoms with Crippen LogP contribution in [0.3, 0.4) is 0 Å². The number of hydrogen-bond donors (Lipinski definition) is 2. The van der Waals surface area contributed by atoms with E-state index in [2.05, 4.69) is 15.3 Å². The average Bonchev–Trinajstić information content (AvgIpc) is 3.59. The molecule has 3 heterocycles. The van der Waals surface area contributed by atoms with Crippen molar-refractivity contribution in [2.45, 2.75) is 82.7 Å². The smallest absolute Gasteiger partial charge is 0.416 e. The molecule has 2 fully saturated rings. The maximum Gasteiger partial charge on any atom is 0.416 e. The van der Waals surface area contributed by atoms with E-state index in [-0.39, 0.29) is 37.5 Å². The van der Waals surface area contributed by atoms with Gasteiger partial charge in [0.2, 0.25) is 5.95 Å². The number of anilines is 1. The molecule has 1 saturated heterocycles. The number of rotatable bonds is 5. The second-order valence-corrected chi connectivity index (χ2v) is 12.7. The van der Waals surface area contributed by atoms with Crippen LogP contribution in [0.5, 0.6) is 0 Å². The first-order chi connectivity index (χ1) is 19.3. The number of amides is 1. The minimum absolute atomic E-state index is 0.208. The first-order valence-electron chi connectivity index (χ1n) is 13.8. The van der Waals surface area contributed by atoms with Gasteiger partial charge in [-0.3, -0.25) is 0 Å². The van der Waals surface area contributed by atoms with Crippen molar-refractivity contribution in [1.29, 1.82) is 0 Å². The fourth-order valence-corrected chi connectivity index (χ4v) is 6.34. The van der Waals surface area contributed by atoms with Crippen LogP contribution in [0.15, 0.2) is 36.5 Å². The SMILES string of the molecule is CC(C)(C)OC(=O)N1CCC(O)(c2nc(-c3cccc(C(F)(F)F)c3)c(-c3ccnc(NC4CCCC4)n3)s2)CC1. The number of halogens is 3. The molecule has 0 spiro atoms. The van der Waals surface area contributed by atoms with Gasteiger partial charge in [0.15, 0.2) is 0 Å². The first-order valence-corrected chi connectivity index (χ1v) is 14.6. The molecule has 8 nitrogen and oxygen atoms in total. The summed E-state index contributed by atoms with van der Waals surface area (Å²) in [5.41, 5.74) is -1.70. The summed E-state index contributed by atoms with van der Waals surface area (Å²) < 4.78 is 46.2. The van der Waals surface area contributed by atoms with E-state index in [9.17, 15) is 23.1 Å². The lowest BCUT2D eigenvalue weighted by molar-refractivity contribution is -0.137. The van der Waals surface area contributed by atoms with Crippen molar-refractivity contribution >= 4 is 23.4 Å². The minimum Gasteiger partial charge on any atom is -0.444 e. The van der Waals surface area contributed by atoms with Gasteiger partial charge in [-0.2, -0.15) is 13.2 Å². The number of aliphatic hydroxyl groups is 1. The zero-order valence-corrected chi connectivity index (χ0v) is 24.1. The number of nitrogens with one attached hydrogen (secondary N) is 1. The summed E-state index contributed by atoms with van der Waals surface area (Å²) in [6.45, 7) is 5.88. The zero-order chi connectivity index (χ0) is 29.4. The second-order valence-electron chi connectivity index (χ2n) is 11.7. The van der Waals surface area contributed by atoms with Gasteiger partial charge in [0.05, 0.1) is 21.8 Å². The van der Waals surface area contributed by atoms with Gasteiger partial charge in [-0.15, -0.1) is 11.3 Å². The number of carbonyl (C=O) groups excluding carboxylic acids is 1. The molecular formula is C29H34F3N5O3S. The highest BCUT2D eigenvalue weighted by atomic mass is 32.1. The molecule has 220 valence electrons. The number of benzene rings is 1. The number of likely N-dealkylation sites (tertiary alicyclic amines) is 1. The Balaban J connectivity index is 1.49. The lowest BCUT2D eigenvalue weighted by atomic mass is 9.92. The van der Waals surface area contributed by atoms with Crippen molar-refractivity contribution < 1.29 is 27.8 Å². The predicted octanol–water partition coefficient (Wildman–Crippen LogP) is 6.86. The number of ether oxygens (including phenoxy) is 1. The van der Waals surface area contributed by atoms with Crippen LogP contribution in [-0.2, 0) is 16.5 Å². The summed E-state index contributed by atoms with van der Waals surface area (Å²) in [4.78, 5) is 28.4. The molecule has 0 bridgehead atoms. The van der Waals surface area contributed by atoms with Crippen molar-refractivity contribution in [3.8, 4) is 21.8 Å². The monoisotopic (exact) mass is 589 g/mol. The van der Waals surface area contributed by atoms with Gasteiger partial charge in [-0.1, -0.05) is 25.0 Å². The molecule has 1 aliphatic heterocycles. The lowest BCUT2D eigenvalue weighted by Gasteiger charge is -2.37. The molecule has 0 atom stereocenters. The molecule has 41 heavy (non-hydrogen) atoms. The summed E-state index contributed by atoms with van der Waals surface area (Å²) >= 11 is 1.20. The Kier molecular flexibility index (Phi) is 7.99. The molecule has 2 aromatic heterocycles. The maximum atomic E-state index is 13.6. The lowest BCUT2D eigenvalue weighted by Crippen LogP contribution is -2.46. The molecule has 0 unspecified atom stereocenters. The van der Waals surface area contributed by atoms with Crippen molar-refractivity contribution in [3.05, 3.63) is 47.1 Å². The zero-order valence-electron chi connectivity index (χ0n) is 23.3. The Bertz CT molecular complexity index is 1390. The van der Waals surface area contributed by atoms with Gasteiger partial charge in [0, 0.05) is 43.7 Å². The van der Waals surface area contributed by atoms with Crippen LogP contribution < -0.4 is 5.32 Å². The van der Waals surface area contributed by atoms with Gasteiger partial charge in [-0.05, 0) is 51.8 Å². The largest absolute Gasteiger partial charge is 0.444 e. The van der Waals surface area contributed by atoms with Gasteiger partial charge in [-0.25, -0.2) is 19.7 Å². The molecule has 1 amide bonds. The van der Waals surface area contributed by atoms with E-state index in [0.29, 0.717) is 27.2 Å². The third-order valence-corrected chi connectivity index (χ3v) is 8.58. The van der Waals surface area contributed by atoms with Gasteiger partial charge in [0.25, 0.3) is 0 Å². The number of carbonyl (C=O) groups is 1. The van der Waals surface area contributed by atoms with E-state index in [4.69, 9.17) is 9.72 Å². The second kappa shape index (κ2) is 11.2. The molecule has 1 aromatic carbocycles. The number of hydrogen-bond acceptors (Lipinski definition) is 8. The van der Waals surface area contributed by atoms with Crippen molar-refractivity contribution in [1.82, 2.24) is 19.9 Å². The Morgan fingerprint density at radius 1 is 1.12 bits per heavy atom. The third kappa shape index (κ3) is 6.81. The van der Waals surface area contributed by atoms with Gasteiger partial charge in [0.1, 0.15) is 16.2 Å². The van der Waals surface area contributed by atoms with Crippen LogP contribution >= 0.6 is 11.3 Å². The Morgan fingerprint density at radius 3 is 2.49 bits per heavy atom. The molecule has 5 rings (SSSR count). The van der Waals surface area contributed by atoms with E-state index in [1.54, 1.807) is 44.0 Å².